The van der Waals surface area contributed by atoms with E-state index in [0.29, 0.717) is 10.8 Å². The fourth-order valence-electron chi connectivity index (χ4n) is 3.09. The molecule has 2 rings (SSSR count). The van der Waals surface area contributed by atoms with Gasteiger partial charge in [-0.05, 0) is 53.2 Å². The van der Waals surface area contributed by atoms with Crippen LogP contribution in [0.5, 0.6) is 0 Å². The van der Waals surface area contributed by atoms with Gasteiger partial charge in [0.2, 0.25) is 0 Å². The fraction of sp³-hybridized carbons (Fsp3) is 0.647. The van der Waals surface area contributed by atoms with Crippen LogP contribution in [0.2, 0.25) is 0 Å². The lowest BCUT2D eigenvalue weighted by Crippen LogP contribution is -2.35. The molecule has 0 spiro atoms. The van der Waals surface area contributed by atoms with Crippen LogP contribution in [0.15, 0.2) is 18.2 Å². The predicted molar refractivity (Wildman–Crippen MR) is 75.7 cm³/mol. The third-order valence-corrected chi connectivity index (χ3v) is 5.37. The molecule has 1 atom stereocenters. The van der Waals surface area contributed by atoms with Crippen molar-refractivity contribution in [2.45, 2.75) is 71.1 Å². The van der Waals surface area contributed by atoms with E-state index in [0.717, 1.165) is 0 Å². The Labute approximate surface area is 106 Å². The molecule has 0 saturated carbocycles. The molecule has 1 aliphatic carbocycles. The van der Waals surface area contributed by atoms with Crippen molar-refractivity contribution >= 4 is 0 Å². The van der Waals surface area contributed by atoms with Gasteiger partial charge in [0.1, 0.15) is 0 Å². The third-order valence-electron chi connectivity index (χ3n) is 5.37. The van der Waals surface area contributed by atoms with Crippen LogP contribution in [-0.2, 0) is 17.3 Å². The van der Waals surface area contributed by atoms with Crippen LogP contribution in [0.3, 0.4) is 0 Å². The van der Waals surface area contributed by atoms with Gasteiger partial charge in [0.15, 0.2) is 0 Å². The maximum Gasteiger partial charge on any atom is -0.00347 e. The maximum atomic E-state index is 2.47. The van der Waals surface area contributed by atoms with Crippen molar-refractivity contribution in [1.82, 2.24) is 0 Å². The Hall–Kier alpha value is -0.780. The molecular formula is C17H26. The molecule has 0 bridgehead atoms. The molecule has 94 valence electrons. The zero-order chi connectivity index (χ0) is 12.7. The summed E-state index contributed by atoms with van der Waals surface area (Å²) >= 11 is 0. The van der Waals surface area contributed by atoms with Gasteiger partial charge in [-0.15, -0.1) is 0 Å². The van der Waals surface area contributed by atoms with Gasteiger partial charge in [-0.2, -0.15) is 0 Å². The van der Waals surface area contributed by atoms with E-state index in [2.05, 4.69) is 52.8 Å². The Balaban J connectivity index is 2.35. The number of benzene rings is 1. The van der Waals surface area contributed by atoms with E-state index in [4.69, 9.17) is 0 Å². The Morgan fingerprint density at radius 1 is 1.18 bits per heavy atom. The summed E-state index contributed by atoms with van der Waals surface area (Å²) in [5, 5.41) is 0. The molecule has 0 heteroatoms. The van der Waals surface area contributed by atoms with Crippen LogP contribution in [-0.4, -0.2) is 0 Å². The van der Waals surface area contributed by atoms with E-state index in [-0.39, 0.29) is 0 Å². The number of rotatable bonds is 4. The topological polar surface area (TPSA) is 0 Å². The van der Waals surface area contributed by atoms with Gasteiger partial charge in [0.25, 0.3) is 0 Å². The average molecular weight is 230 g/mol. The summed E-state index contributed by atoms with van der Waals surface area (Å²) in [4.78, 5) is 0. The lowest BCUT2D eigenvalue weighted by atomic mass is 9.62. The van der Waals surface area contributed by atoms with Gasteiger partial charge in [-0.25, -0.2) is 0 Å². The second-order valence-corrected chi connectivity index (χ2v) is 6.23. The van der Waals surface area contributed by atoms with E-state index in [1.54, 1.807) is 16.7 Å². The molecule has 17 heavy (non-hydrogen) atoms. The lowest BCUT2D eigenvalue weighted by Gasteiger charge is -2.42. The predicted octanol–water partition coefficient (Wildman–Crippen LogP) is 4.99. The summed E-state index contributed by atoms with van der Waals surface area (Å²) in [5.41, 5.74) is 5.56. The molecule has 0 aromatic heterocycles. The summed E-state index contributed by atoms with van der Waals surface area (Å²) in [6.07, 6.45) is 5.00. The lowest BCUT2D eigenvalue weighted by molar-refractivity contribution is 0.389. The first-order valence-electron chi connectivity index (χ1n) is 7.13. The van der Waals surface area contributed by atoms with Gasteiger partial charge in [-0.1, -0.05) is 52.8 Å². The molecule has 0 heterocycles. The SMILES string of the molecule is CCC(C)(CC)c1ccc2c(c1)CC2(C)CC. The molecule has 0 radical (unpaired) electrons. The van der Waals surface area contributed by atoms with Crippen LogP contribution in [0.4, 0.5) is 0 Å². The highest BCUT2D eigenvalue weighted by atomic mass is 14.4. The number of hydrogen-bond donors (Lipinski definition) is 0. The second kappa shape index (κ2) is 4.15. The van der Waals surface area contributed by atoms with Crippen LogP contribution in [0, 0.1) is 0 Å². The Bertz CT molecular complexity index is 412. The van der Waals surface area contributed by atoms with Gasteiger partial charge < -0.3 is 0 Å². The van der Waals surface area contributed by atoms with Crippen molar-refractivity contribution in [1.29, 1.82) is 0 Å². The van der Waals surface area contributed by atoms with Crippen LogP contribution >= 0.6 is 0 Å². The highest BCUT2D eigenvalue weighted by Crippen LogP contribution is 2.45. The van der Waals surface area contributed by atoms with Crippen molar-refractivity contribution in [2.24, 2.45) is 0 Å². The minimum Gasteiger partial charge on any atom is -0.0645 e. The van der Waals surface area contributed by atoms with Gasteiger partial charge >= 0.3 is 0 Å². The van der Waals surface area contributed by atoms with Gasteiger partial charge in [-0.3, -0.25) is 0 Å². The quantitative estimate of drug-likeness (QED) is 0.683. The minimum absolute atomic E-state index is 0.368. The number of fused-ring (bicyclic) bond motifs is 1. The fourth-order valence-corrected chi connectivity index (χ4v) is 3.09. The molecule has 1 aromatic rings. The molecule has 0 fully saturated rings. The first-order valence-corrected chi connectivity index (χ1v) is 7.13. The summed E-state index contributed by atoms with van der Waals surface area (Å²) in [6, 6.07) is 7.24. The van der Waals surface area contributed by atoms with Crippen LogP contribution in [0.25, 0.3) is 0 Å². The monoisotopic (exact) mass is 230 g/mol. The first-order chi connectivity index (χ1) is 7.99. The number of hydrogen-bond acceptors (Lipinski definition) is 0. The van der Waals surface area contributed by atoms with Crippen LogP contribution < -0.4 is 0 Å². The van der Waals surface area contributed by atoms with Crippen molar-refractivity contribution < 1.29 is 0 Å². The Kier molecular flexibility index (Phi) is 3.10. The average Bonchev–Trinajstić information content (AvgIpc) is 2.35. The summed E-state index contributed by atoms with van der Waals surface area (Å²) in [7, 11) is 0. The Morgan fingerprint density at radius 2 is 1.82 bits per heavy atom. The molecular weight excluding hydrogens is 204 g/mol. The standard InChI is InChI=1S/C17H26/c1-6-16(4,7-2)14-9-10-15-13(11-14)12-17(15,5)8-3/h9-11H,6-8,12H2,1-5H3. The molecule has 1 unspecified atom stereocenters. The molecule has 0 aliphatic heterocycles. The zero-order valence-corrected chi connectivity index (χ0v) is 12.1. The van der Waals surface area contributed by atoms with Gasteiger partial charge in [0.05, 0.1) is 0 Å². The summed E-state index contributed by atoms with van der Waals surface area (Å²) < 4.78 is 0. The van der Waals surface area contributed by atoms with Gasteiger partial charge in [0, 0.05) is 0 Å². The normalized spacial score (nSPS) is 23.1. The van der Waals surface area contributed by atoms with Crippen molar-refractivity contribution in [3.05, 3.63) is 34.9 Å². The molecule has 0 nitrogen and oxygen atoms in total. The Morgan fingerprint density at radius 3 is 2.29 bits per heavy atom. The largest absolute Gasteiger partial charge is 0.0645 e. The summed E-state index contributed by atoms with van der Waals surface area (Å²) in [5.74, 6) is 0. The molecule has 0 N–H and O–H groups in total. The van der Waals surface area contributed by atoms with Crippen molar-refractivity contribution in [3.8, 4) is 0 Å². The van der Waals surface area contributed by atoms with E-state index in [1.807, 2.05) is 0 Å². The molecule has 1 aliphatic rings. The summed E-state index contributed by atoms with van der Waals surface area (Å²) in [6.45, 7) is 11.7. The van der Waals surface area contributed by atoms with E-state index in [1.165, 1.54) is 25.7 Å². The molecule has 1 aromatic carbocycles. The van der Waals surface area contributed by atoms with Crippen LogP contribution in [0.1, 0.15) is 70.6 Å². The van der Waals surface area contributed by atoms with E-state index < -0.39 is 0 Å². The molecule has 0 amide bonds. The zero-order valence-electron chi connectivity index (χ0n) is 12.1. The molecule has 0 saturated heterocycles. The highest BCUT2D eigenvalue weighted by molar-refractivity contribution is 5.48. The van der Waals surface area contributed by atoms with Crippen molar-refractivity contribution in [3.63, 3.8) is 0 Å². The smallest absolute Gasteiger partial charge is 0.00347 e. The first kappa shape index (κ1) is 12.7. The second-order valence-electron chi connectivity index (χ2n) is 6.23. The highest BCUT2D eigenvalue weighted by Gasteiger charge is 2.37. The third kappa shape index (κ3) is 1.82. The van der Waals surface area contributed by atoms with Crippen molar-refractivity contribution in [2.75, 3.05) is 0 Å². The van der Waals surface area contributed by atoms with E-state index >= 15 is 0 Å². The maximum absolute atomic E-state index is 2.47. The minimum atomic E-state index is 0.368. The van der Waals surface area contributed by atoms with E-state index in [9.17, 15) is 0 Å².